The maximum absolute atomic E-state index is 12.7. The Morgan fingerprint density at radius 1 is 0.788 bits per heavy atom. The fourth-order valence-electron chi connectivity index (χ4n) is 2.60. The lowest BCUT2D eigenvalue weighted by atomic mass is 10.1. The van der Waals surface area contributed by atoms with E-state index < -0.39 is 78.6 Å². The van der Waals surface area contributed by atoms with Crippen molar-refractivity contribution in [2.75, 3.05) is 6.54 Å². The number of hydrogen-bond acceptors (Lipinski definition) is 9. The van der Waals surface area contributed by atoms with Crippen LogP contribution in [0.25, 0.3) is 0 Å². The lowest BCUT2D eigenvalue weighted by Crippen LogP contribution is -2.58. The van der Waals surface area contributed by atoms with Crippen molar-refractivity contribution in [1.82, 2.24) is 16.0 Å². The van der Waals surface area contributed by atoms with E-state index in [2.05, 4.69) is 16.0 Å². The van der Waals surface area contributed by atoms with E-state index in [1.165, 1.54) is 6.92 Å². The third-order valence-corrected chi connectivity index (χ3v) is 4.46. The minimum Gasteiger partial charge on any atom is -0.480 e. The van der Waals surface area contributed by atoms with Crippen LogP contribution >= 0.6 is 0 Å². The van der Waals surface area contributed by atoms with Gasteiger partial charge < -0.3 is 49.1 Å². The van der Waals surface area contributed by atoms with Crippen molar-refractivity contribution in [2.45, 2.75) is 69.3 Å². The molecule has 188 valence electrons. The Morgan fingerprint density at radius 3 is 1.70 bits per heavy atom. The second-order valence-corrected chi connectivity index (χ2v) is 7.41. The van der Waals surface area contributed by atoms with Crippen LogP contribution in [0.4, 0.5) is 0 Å². The van der Waals surface area contributed by atoms with Crippen molar-refractivity contribution < 1.29 is 39.0 Å². The van der Waals surface area contributed by atoms with Crippen LogP contribution in [0.2, 0.25) is 0 Å². The summed E-state index contributed by atoms with van der Waals surface area (Å²) < 4.78 is 0. The van der Waals surface area contributed by atoms with Gasteiger partial charge in [-0.1, -0.05) is 0 Å². The molecular formula is C18H33N7O8. The molecule has 33 heavy (non-hydrogen) atoms. The van der Waals surface area contributed by atoms with Crippen LogP contribution in [0, 0.1) is 0 Å². The summed E-state index contributed by atoms with van der Waals surface area (Å²) in [4.78, 5) is 71.2. The molecule has 5 amide bonds. The molecule has 0 aromatic rings. The summed E-state index contributed by atoms with van der Waals surface area (Å²) in [5.41, 5.74) is 21.1. The summed E-state index contributed by atoms with van der Waals surface area (Å²) in [7, 11) is 0. The molecule has 0 heterocycles. The van der Waals surface area contributed by atoms with Gasteiger partial charge in [-0.3, -0.25) is 24.0 Å². The highest BCUT2D eigenvalue weighted by atomic mass is 16.4. The number of nitrogens with two attached hydrogens (primary N) is 4. The number of aliphatic carboxylic acids is 1. The van der Waals surface area contributed by atoms with Gasteiger partial charge in [-0.2, -0.15) is 0 Å². The first kappa shape index (κ1) is 29.7. The second-order valence-electron chi connectivity index (χ2n) is 7.41. The fourth-order valence-corrected chi connectivity index (χ4v) is 2.60. The number of hydrogen-bond donors (Lipinski definition) is 9. The van der Waals surface area contributed by atoms with E-state index in [0.717, 1.165) is 0 Å². The average molecular weight is 476 g/mol. The topological polar surface area (TPSA) is 283 Å². The minimum absolute atomic E-state index is 0.0299. The maximum atomic E-state index is 12.7. The van der Waals surface area contributed by atoms with Gasteiger partial charge in [-0.15, -0.1) is 0 Å². The van der Waals surface area contributed by atoms with Crippen molar-refractivity contribution in [1.29, 1.82) is 0 Å². The Bertz CT molecular complexity index is 731. The van der Waals surface area contributed by atoms with Gasteiger partial charge in [0.1, 0.15) is 24.2 Å². The zero-order valence-corrected chi connectivity index (χ0v) is 18.3. The number of carboxylic acids is 1. The molecule has 5 atom stereocenters. The number of aliphatic hydroxyl groups is 1. The highest BCUT2D eigenvalue weighted by Gasteiger charge is 2.32. The van der Waals surface area contributed by atoms with Gasteiger partial charge in [0, 0.05) is 0 Å². The lowest BCUT2D eigenvalue weighted by Gasteiger charge is -2.25. The van der Waals surface area contributed by atoms with Crippen molar-refractivity contribution in [2.24, 2.45) is 22.9 Å². The number of carbonyl (C=O) groups is 6. The standard InChI is InChI=1S/C18H33N7O8/c1-8(26)14(22)17(31)24-10(6-12(20)27)16(30)23-9(4-2-3-5-19)15(29)25-11(18(32)33)7-13(21)28/h8-11,14,26H,2-7,19,22H2,1H3,(H2,20,27)(H2,21,28)(H,23,30)(H,24,31)(H,25,29)(H,32,33). The van der Waals surface area contributed by atoms with Crippen LogP contribution in [0.1, 0.15) is 39.0 Å². The molecule has 0 aliphatic heterocycles. The molecule has 0 spiro atoms. The van der Waals surface area contributed by atoms with Crippen molar-refractivity contribution in [3.63, 3.8) is 0 Å². The third kappa shape index (κ3) is 11.8. The van der Waals surface area contributed by atoms with E-state index in [9.17, 15) is 39.0 Å². The van der Waals surface area contributed by atoms with Gasteiger partial charge in [0.05, 0.1) is 18.9 Å². The summed E-state index contributed by atoms with van der Waals surface area (Å²) in [6.07, 6.45) is -1.70. The highest BCUT2D eigenvalue weighted by Crippen LogP contribution is 2.05. The number of primary amides is 2. The Labute approximate surface area is 190 Å². The Hall–Kier alpha value is -3.30. The van der Waals surface area contributed by atoms with Gasteiger partial charge >= 0.3 is 5.97 Å². The zero-order valence-electron chi connectivity index (χ0n) is 18.3. The number of aliphatic hydroxyl groups excluding tert-OH is 1. The number of carbonyl (C=O) groups excluding carboxylic acids is 5. The molecule has 0 saturated carbocycles. The molecular weight excluding hydrogens is 442 g/mol. The number of amides is 5. The molecule has 0 radical (unpaired) electrons. The van der Waals surface area contributed by atoms with Crippen LogP contribution in [0.5, 0.6) is 0 Å². The number of unbranched alkanes of at least 4 members (excludes halogenated alkanes) is 1. The Balaban J connectivity index is 5.56. The smallest absolute Gasteiger partial charge is 0.326 e. The normalized spacial score (nSPS) is 15.3. The van der Waals surface area contributed by atoms with Gasteiger partial charge in [0.15, 0.2) is 0 Å². The predicted molar refractivity (Wildman–Crippen MR) is 114 cm³/mol. The number of rotatable bonds is 16. The molecule has 5 unspecified atom stereocenters. The van der Waals surface area contributed by atoms with E-state index in [-0.39, 0.29) is 6.42 Å². The SMILES string of the molecule is CC(O)C(N)C(=O)NC(CC(N)=O)C(=O)NC(CCCCN)C(=O)NC(CC(N)=O)C(=O)O. The zero-order chi connectivity index (χ0) is 25.7. The largest absolute Gasteiger partial charge is 0.480 e. The molecule has 0 aliphatic rings. The van der Waals surface area contributed by atoms with Crippen molar-refractivity contribution in [3.8, 4) is 0 Å². The van der Waals surface area contributed by atoms with E-state index in [1.807, 2.05) is 0 Å². The summed E-state index contributed by atoms with van der Waals surface area (Å²) in [6, 6.07) is -5.85. The average Bonchev–Trinajstić information content (AvgIpc) is 2.70. The van der Waals surface area contributed by atoms with Gasteiger partial charge in [-0.05, 0) is 32.7 Å². The van der Waals surface area contributed by atoms with Crippen LogP contribution < -0.4 is 38.9 Å². The predicted octanol–water partition coefficient (Wildman–Crippen LogP) is -4.89. The Kier molecular flexibility index (Phi) is 13.2. The maximum Gasteiger partial charge on any atom is 0.326 e. The summed E-state index contributed by atoms with van der Waals surface area (Å²) in [5, 5.41) is 25.2. The van der Waals surface area contributed by atoms with Crippen LogP contribution in [0.3, 0.4) is 0 Å². The molecule has 0 rings (SSSR count). The molecule has 15 nitrogen and oxygen atoms in total. The molecule has 0 aromatic carbocycles. The summed E-state index contributed by atoms with van der Waals surface area (Å²) >= 11 is 0. The Morgan fingerprint density at radius 2 is 1.24 bits per heavy atom. The van der Waals surface area contributed by atoms with E-state index in [0.29, 0.717) is 19.4 Å². The minimum atomic E-state index is -1.63. The number of carboxylic acid groups (broad SMARTS) is 1. The second kappa shape index (κ2) is 14.7. The molecule has 0 bridgehead atoms. The summed E-state index contributed by atoms with van der Waals surface area (Å²) in [5.74, 6) is -6.28. The van der Waals surface area contributed by atoms with E-state index in [1.54, 1.807) is 0 Å². The van der Waals surface area contributed by atoms with Crippen molar-refractivity contribution >= 4 is 35.5 Å². The molecule has 15 heteroatoms. The van der Waals surface area contributed by atoms with Gasteiger partial charge in [0.25, 0.3) is 0 Å². The monoisotopic (exact) mass is 475 g/mol. The summed E-state index contributed by atoms with van der Waals surface area (Å²) in [6.45, 7) is 1.54. The molecule has 0 aliphatic carbocycles. The van der Waals surface area contributed by atoms with Crippen molar-refractivity contribution in [3.05, 3.63) is 0 Å². The fraction of sp³-hybridized carbons (Fsp3) is 0.667. The molecule has 0 saturated heterocycles. The van der Waals surface area contributed by atoms with Gasteiger partial charge in [-0.25, -0.2) is 4.79 Å². The third-order valence-electron chi connectivity index (χ3n) is 4.46. The molecule has 0 fully saturated rings. The molecule has 13 N–H and O–H groups in total. The van der Waals surface area contributed by atoms with Crippen LogP contribution in [0.15, 0.2) is 0 Å². The number of nitrogens with one attached hydrogen (secondary N) is 3. The first-order chi connectivity index (χ1) is 15.3. The van der Waals surface area contributed by atoms with Crippen LogP contribution in [-0.4, -0.2) is 82.5 Å². The highest BCUT2D eigenvalue weighted by molar-refractivity contribution is 5.96. The van der Waals surface area contributed by atoms with Crippen LogP contribution in [-0.2, 0) is 28.8 Å². The van der Waals surface area contributed by atoms with E-state index >= 15 is 0 Å². The first-order valence-corrected chi connectivity index (χ1v) is 10.1. The van der Waals surface area contributed by atoms with E-state index in [4.69, 9.17) is 22.9 Å². The quantitative estimate of drug-likeness (QED) is 0.0958. The molecule has 0 aromatic heterocycles. The van der Waals surface area contributed by atoms with Gasteiger partial charge in [0.2, 0.25) is 29.5 Å². The lowest BCUT2D eigenvalue weighted by molar-refractivity contribution is -0.144. The first-order valence-electron chi connectivity index (χ1n) is 10.1.